The molecule has 0 unspecified atom stereocenters. The van der Waals surface area contributed by atoms with E-state index in [1.54, 1.807) is 28.9 Å². The van der Waals surface area contributed by atoms with Crippen LogP contribution in [0, 0.1) is 0 Å². The molecule has 1 atom stereocenters. The maximum atomic E-state index is 13.7. The second kappa shape index (κ2) is 15.0. The third-order valence-electron chi connectivity index (χ3n) is 6.82. The third-order valence-corrected chi connectivity index (χ3v) is 9.54. The molecule has 8 nitrogen and oxygen atoms in total. The van der Waals surface area contributed by atoms with E-state index in [2.05, 4.69) is 0 Å². The summed E-state index contributed by atoms with van der Waals surface area (Å²) in [7, 11) is -2.12. The van der Waals surface area contributed by atoms with Crippen molar-refractivity contribution in [2.24, 2.45) is 0 Å². The van der Waals surface area contributed by atoms with Gasteiger partial charge in [-0.25, -0.2) is 8.42 Å². The first-order chi connectivity index (χ1) is 18.7. The minimum absolute atomic E-state index is 0.0390. The van der Waals surface area contributed by atoms with Crippen molar-refractivity contribution < 1.29 is 22.7 Å². The van der Waals surface area contributed by atoms with Gasteiger partial charge in [-0.05, 0) is 42.5 Å². The molecule has 2 amide bonds. The number of likely N-dealkylation sites (tertiary alicyclic amines) is 1. The van der Waals surface area contributed by atoms with E-state index in [-0.39, 0.29) is 43.3 Å². The van der Waals surface area contributed by atoms with Gasteiger partial charge >= 0.3 is 0 Å². The van der Waals surface area contributed by atoms with Crippen molar-refractivity contribution in [1.82, 2.24) is 14.1 Å². The first-order valence-electron chi connectivity index (χ1n) is 13.1. The minimum atomic E-state index is -3.62. The predicted octanol–water partition coefficient (Wildman–Crippen LogP) is 4.33. The number of nitrogens with zero attached hydrogens (tertiary/aromatic N) is 3. The third kappa shape index (κ3) is 8.91. The van der Waals surface area contributed by atoms with Gasteiger partial charge in [0.05, 0.1) is 18.9 Å². The summed E-state index contributed by atoms with van der Waals surface area (Å²) in [4.78, 5) is 30.2. The lowest BCUT2D eigenvalue weighted by Gasteiger charge is -2.40. The van der Waals surface area contributed by atoms with E-state index >= 15 is 0 Å². The Morgan fingerprint density at radius 2 is 1.72 bits per heavy atom. The zero-order chi connectivity index (χ0) is 28.4. The number of piperidine rings is 1. The van der Waals surface area contributed by atoms with Crippen LogP contribution in [-0.4, -0.2) is 86.0 Å². The van der Waals surface area contributed by atoms with Crippen molar-refractivity contribution in [3.63, 3.8) is 0 Å². The van der Waals surface area contributed by atoms with Crippen LogP contribution >= 0.6 is 23.2 Å². The molecule has 39 heavy (non-hydrogen) atoms. The van der Waals surface area contributed by atoms with Crippen LogP contribution in [0.1, 0.15) is 42.7 Å². The van der Waals surface area contributed by atoms with Gasteiger partial charge in [0.25, 0.3) is 0 Å². The number of carbonyl (C=O) groups is 2. The van der Waals surface area contributed by atoms with Crippen LogP contribution in [-0.2, 0) is 30.9 Å². The van der Waals surface area contributed by atoms with Crippen molar-refractivity contribution in [3.05, 3.63) is 70.7 Å². The van der Waals surface area contributed by atoms with Gasteiger partial charge in [0.2, 0.25) is 21.8 Å². The number of alkyl halides is 1. The van der Waals surface area contributed by atoms with Crippen molar-refractivity contribution in [1.29, 1.82) is 0 Å². The van der Waals surface area contributed by atoms with Crippen LogP contribution < -0.4 is 0 Å². The molecule has 0 saturated carbocycles. The van der Waals surface area contributed by atoms with Gasteiger partial charge < -0.3 is 14.5 Å². The summed E-state index contributed by atoms with van der Waals surface area (Å²) in [6, 6.07) is 16.3. The number of hydrogen-bond acceptors (Lipinski definition) is 5. The molecular weight excluding hydrogens is 561 g/mol. The molecule has 0 aromatic heterocycles. The van der Waals surface area contributed by atoms with Crippen LogP contribution in [0.4, 0.5) is 0 Å². The fourth-order valence-electron chi connectivity index (χ4n) is 4.67. The van der Waals surface area contributed by atoms with Crippen LogP contribution in [0.2, 0.25) is 5.02 Å². The molecule has 1 aliphatic rings. The molecule has 2 aromatic rings. The Labute approximate surface area is 241 Å². The van der Waals surface area contributed by atoms with Gasteiger partial charge in [-0.3, -0.25) is 9.59 Å². The van der Waals surface area contributed by atoms with Crippen LogP contribution in [0.3, 0.4) is 0 Å². The highest BCUT2D eigenvalue weighted by Gasteiger charge is 2.34. The van der Waals surface area contributed by atoms with E-state index in [0.717, 1.165) is 11.1 Å². The summed E-state index contributed by atoms with van der Waals surface area (Å²) in [6.07, 6.45) is 1.57. The Kier molecular flexibility index (Phi) is 12.1. The normalized spacial score (nSPS) is 15.4. The molecule has 214 valence electrons. The number of rotatable bonds is 13. The van der Waals surface area contributed by atoms with E-state index in [9.17, 15) is 18.0 Å². The maximum absolute atomic E-state index is 13.7. The Bertz CT molecular complexity index is 1170. The lowest BCUT2D eigenvalue weighted by atomic mass is 10.0. The van der Waals surface area contributed by atoms with Crippen molar-refractivity contribution in [2.45, 2.75) is 44.1 Å². The number of hydrogen-bond donors (Lipinski definition) is 0. The zero-order valence-corrected chi connectivity index (χ0v) is 24.8. The highest BCUT2D eigenvalue weighted by atomic mass is 35.5. The van der Waals surface area contributed by atoms with Gasteiger partial charge in [-0.15, -0.1) is 11.6 Å². The van der Waals surface area contributed by atoms with Crippen molar-refractivity contribution >= 4 is 45.0 Å². The maximum Gasteiger partial charge on any atom is 0.245 e. The molecule has 1 saturated heterocycles. The molecule has 1 aliphatic heterocycles. The molecule has 3 rings (SSSR count). The van der Waals surface area contributed by atoms with E-state index in [1.807, 2.05) is 42.5 Å². The Morgan fingerprint density at radius 1 is 1.08 bits per heavy atom. The number of carbonyl (C=O) groups excluding carboxylic acids is 2. The van der Waals surface area contributed by atoms with Gasteiger partial charge in [0, 0.05) is 44.4 Å². The monoisotopic (exact) mass is 597 g/mol. The van der Waals surface area contributed by atoms with Gasteiger partial charge in [-0.1, -0.05) is 61.0 Å². The minimum Gasteiger partial charge on any atom is -0.383 e. The fraction of sp³-hybridized carbons (Fsp3) is 0.500. The van der Waals surface area contributed by atoms with E-state index in [4.69, 9.17) is 27.9 Å². The molecule has 11 heteroatoms. The van der Waals surface area contributed by atoms with Gasteiger partial charge in [0.1, 0.15) is 5.38 Å². The number of benzene rings is 2. The summed E-state index contributed by atoms with van der Waals surface area (Å²) < 4.78 is 32.1. The van der Waals surface area contributed by atoms with E-state index < -0.39 is 15.4 Å². The Morgan fingerprint density at radius 3 is 2.31 bits per heavy atom. The largest absolute Gasteiger partial charge is 0.383 e. The average Bonchev–Trinajstić information content (AvgIpc) is 2.94. The highest BCUT2D eigenvalue weighted by molar-refractivity contribution is 7.89. The second-order valence-electron chi connectivity index (χ2n) is 9.62. The quantitative estimate of drug-likeness (QED) is 0.321. The Hall–Kier alpha value is -2.17. The van der Waals surface area contributed by atoms with Gasteiger partial charge in [-0.2, -0.15) is 4.31 Å². The van der Waals surface area contributed by atoms with Crippen LogP contribution in [0.15, 0.2) is 54.6 Å². The summed E-state index contributed by atoms with van der Waals surface area (Å²) in [5, 5.41) is -0.179. The molecule has 1 heterocycles. The molecule has 0 spiro atoms. The number of ether oxygens (including phenoxy) is 1. The van der Waals surface area contributed by atoms with Crippen molar-refractivity contribution in [2.75, 3.05) is 45.6 Å². The molecule has 2 aromatic carbocycles. The topological polar surface area (TPSA) is 87.2 Å². The van der Waals surface area contributed by atoms with E-state index in [1.165, 1.54) is 11.4 Å². The molecule has 0 aliphatic carbocycles. The molecule has 0 N–H and O–H groups in total. The number of methoxy groups -OCH3 is 1. The zero-order valence-electron chi connectivity index (χ0n) is 22.5. The van der Waals surface area contributed by atoms with Crippen molar-refractivity contribution in [3.8, 4) is 0 Å². The summed E-state index contributed by atoms with van der Waals surface area (Å²) in [5.74, 6) is -0.485. The first kappa shape index (κ1) is 31.4. The van der Waals surface area contributed by atoms with Crippen LogP contribution in [0.5, 0.6) is 0 Å². The Balaban J connectivity index is 1.75. The number of amides is 2. The molecule has 0 radical (unpaired) electrons. The summed E-state index contributed by atoms with van der Waals surface area (Å²) in [5.41, 5.74) is 1.63. The van der Waals surface area contributed by atoms with E-state index in [0.29, 0.717) is 43.9 Å². The lowest BCUT2D eigenvalue weighted by Crippen LogP contribution is -2.52. The number of halogens is 2. The second-order valence-corrected chi connectivity index (χ2v) is 12.6. The predicted molar refractivity (Wildman–Crippen MR) is 154 cm³/mol. The smallest absolute Gasteiger partial charge is 0.245 e. The fourth-order valence-corrected chi connectivity index (χ4v) is 6.51. The summed E-state index contributed by atoms with van der Waals surface area (Å²) in [6.45, 7) is 3.02. The summed E-state index contributed by atoms with van der Waals surface area (Å²) >= 11 is 12.5. The molecule has 1 fully saturated rings. The van der Waals surface area contributed by atoms with Crippen LogP contribution in [0.25, 0.3) is 0 Å². The number of sulfonamides is 1. The lowest BCUT2D eigenvalue weighted by molar-refractivity contribution is -0.137. The highest BCUT2D eigenvalue weighted by Crippen LogP contribution is 2.27. The standard InChI is InChI=1S/C28H37Cl2N3O5S/c1-3-19-39(36,37)32(17-18-38-2)21-26(34)33(20-22-9-11-24(29)12-10-22)25-13-15-31(16-14-25)28(35)27(30)23-7-5-4-6-8-23/h4-12,25,27H,3,13-21H2,1-2H3/t27-/m1/s1. The molecular formula is C28H37Cl2N3O5S. The first-order valence-corrected chi connectivity index (χ1v) is 15.6. The SMILES string of the molecule is CCCS(=O)(=O)N(CCOC)CC(=O)N(Cc1ccc(Cl)cc1)C1CCN(C(=O)[C@H](Cl)c2ccccc2)CC1. The van der Waals surface area contributed by atoms with Gasteiger partial charge in [0.15, 0.2) is 0 Å². The average molecular weight is 599 g/mol. The molecule has 0 bridgehead atoms.